The van der Waals surface area contributed by atoms with Gasteiger partial charge in [0, 0.05) is 0 Å². The van der Waals surface area contributed by atoms with Crippen molar-refractivity contribution < 1.29 is 4.74 Å². The number of thioether (sulfide) groups is 1. The summed E-state index contributed by atoms with van der Waals surface area (Å²) in [5.74, 6) is 1.35. The van der Waals surface area contributed by atoms with Gasteiger partial charge in [0.1, 0.15) is 16.8 Å². The molecule has 0 N–H and O–H groups in total. The Balaban J connectivity index is 2.01. The van der Waals surface area contributed by atoms with Crippen molar-refractivity contribution in [2.75, 3.05) is 6.26 Å². The summed E-state index contributed by atoms with van der Waals surface area (Å²) in [4.78, 5) is 12.8. The highest BCUT2D eigenvalue weighted by molar-refractivity contribution is 8.00. The zero-order chi connectivity index (χ0) is 14.1. The van der Waals surface area contributed by atoms with E-state index in [-0.39, 0.29) is 0 Å². The summed E-state index contributed by atoms with van der Waals surface area (Å²) in [5, 5.41) is 0. The van der Waals surface area contributed by atoms with Gasteiger partial charge in [-0.05, 0) is 43.4 Å². The third-order valence-corrected chi connectivity index (χ3v) is 5.02. The molecular weight excluding hydrogens is 290 g/mol. The first kappa shape index (κ1) is 13.3. The van der Waals surface area contributed by atoms with Crippen molar-refractivity contribution in [1.29, 1.82) is 0 Å². The molecule has 0 fully saturated rings. The number of hydrogen-bond donors (Lipinski definition) is 0. The highest BCUT2D eigenvalue weighted by atomic mass is 32.2. The second kappa shape index (κ2) is 5.38. The number of nitrogens with zero attached hydrogens (tertiary/aromatic N) is 3. The van der Waals surface area contributed by atoms with Gasteiger partial charge < -0.3 is 4.74 Å². The zero-order valence-corrected chi connectivity index (χ0v) is 13.0. The molecule has 3 aromatic rings. The molecule has 0 aliphatic rings. The lowest BCUT2D eigenvalue weighted by atomic mass is 10.1. The van der Waals surface area contributed by atoms with E-state index in [9.17, 15) is 0 Å². The van der Waals surface area contributed by atoms with Crippen LogP contribution in [0.5, 0.6) is 11.6 Å². The third-order valence-electron chi connectivity index (χ3n) is 3.01. The number of benzene rings is 1. The predicted octanol–water partition coefficient (Wildman–Crippen LogP) is 4.22. The Hall–Kier alpha value is -1.66. The molecule has 0 unspecified atom stereocenters. The van der Waals surface area contributed by atoms with E-state index >= 15 is 0 Å². The van der Waals surface area contributed by atoms with Crippen LogP contribution in [0.3, 0.4) is 0 Å². The molecule has 0 saturated heterocycles. The maximum absolute atomic E-state index is 5.90. The van der Waals surface area contributed by atoms with Crippen LogP contribution in [0.4, 0.5) is 0 Å². The maximum Gasteiger partial charge on any atom is 0.242 e. The summed E-state index contributed by atoms with van der Waals surface area (Å²) < 4.78 is 7.74. The van der Waals surface area contributed by atoms with Gasteiger partial charge in [-0.3, -0.25) is 0 Å². The Labute approximate surface area is 125 Å². The summed E-state index contributed by atoms with van der Waals surface area (Å²) in [7, 11) is 0. The fraction of sp³-hybridized carbons (Fsp3) is 0.214. The molecule has 0 atom stereocenters. The van der Waals surface area contributed by atoms with Crippen molar-refractivity contribution in [2.45, 2.75) is 18.2 Å². The van der Waals surface area contributed by atoms with E-state index in [0.717, 1.165) is 14.8 Å². The van der Waals surface area contributed by atoms with E-state index in [1.807, 2.05) is 24.5 Å². The summed E-state index contributed by atoms with van der Waals surface area (Å²) >= 11 is 3.15. The molecule has 6 heteroatoms. The number of aryl methyl sites for hydroxylation is 2. The van der Waals surface area contributed by atoms with Gasteiger partial charge >= 0.3 is 0 Å². The van der Waals surface area contributed by atoms with Crippen LogP contribution in [-0.2, 0) is 0 Å². The topological polar surface area (TPSA) is 47.9 Å². The third kappa shape index (κ3) is 2.48. The molecule has 0 bridgehead atoms. The Kier molecular flexibility index (Phi) is 3.58. The fourth-order valence-electron chi connectivity index (χ4n) is 1.76. The fourth-order valence-corrected chi connectivity index (χ4v) is 3.20. The molecule has 0 aliphatic carbocycles. The van der Waals surface area contributed by atoms with Gasteiger partial charge in [-0.15, -0.1) is 11.3 Å². The van der Waals surface area contributed by atoms with Crippen molar-refractivity contribution in [1.82, 2.24) is 15.0 Å². The van der Waals surface area contributed by atoms with Crippen molar-refractivity contribution in [2.24, 2.45) is 0 Å². The molecular formula is C14H13N3OS2. The quantitative estimate of drug-likeness (QED) is 0.678. The first-order valence-electron chi connectivity index (χ1n) is 6.08. The second-order valence-electron chi connectivity index (χ2n) is 4.36. The van der Waals surface area contributed by atoms with Crippen LogP contribution < -0.4 is 4.74 Å². The first-order chi connectivity index (χ1) is 9.67. The lowest BCUT2D eigenvalue weighted by molar-refractivity contribution is 0.468. The van der Waals surface area contributed by atoms with Crippen LogP contribution in [0.1, 0.15) is 11.1 Å². The van der Waals surface area contributed by atoms with Crippen LogP contribution in [0.2, 0.25) is 0 Å². The molecule has 0 amide bonds. The summed E-state index contributed by atoms with van der Waals surface area (Å²) in [5.41, 5.74) is 3.13. The van der Waals surface area contributed by atoms with Crippen LogP contribution in [0.15, 0.2) is 28.9 Å². The van der Waals surface area contributed by atoms with Gasteiger partial charge in [0.15, 0.2) is 9.99 Å². The van der Waals surface area contributed by atoms with Crippen molar-refractivity contribution >= 4 is 33.4 Å². The minimum absolute atomic E-state index is 0.566. The molecule has 0 spiro atoms. The smallest absolute Gasteiger partial charge is 0.242 e. The number of ether oxygens (including phenoxy) is 1. The standard InChI is InChI=1S/C14H13N3OS2/c1-8-4-5-10(6-9(8)2)18-13-11-12(15-7-16-13)17-14(19-3)20-11/h4-7H,1-3H3. The minimum Gasteiger partial charge on any atom is -0.437 e. The van der Waals surface area contributed by atoms with Gasteiger partial charge in [-0.25, -0.2) is 15.0 Å². The Morgan fingerprint density at radius 1 is 1.15 bits per heavy atom. The monoisotopic (exact) mass is 303 g/mol. The van der Waals surface area contributed by atoms with E-state index in [1.165, 1.54) is 17.5 Å². The number of fused-ring (bicyclic) bond motifs is 1. The van der Waals surface area contributed by atoms with Gasteiger partial charge in [-0.1, -0.05) is 17.8 Å². The van der Waals surface area contributed by atoms with E-state index in [1.54, 1.807) is 23.1 Å². The van der Waals surface area contributed by atoms with E-state index in [2.05, 4.69) is 28.8 Å². The average molecular weight is 303 g/mol. The first-order valence-corrected chi connectivity index (χ1v) is 8.12. The molecule has 1 aromatic carbocycles. The van der Waals surface area contributed by atoms with Crippen molar-refractivity contribution in [3.8, 4) is 11.6 Å². The van der Waals surface area contributed by atoms with E-state index in [4.69, 9.17) is 4.74 Å². The summed E-state index contributed by atoms with van der Waals surface area (Å²) in [6.07, 6.45) is 3.48. The van der Waals surface area contributed by atoms with Crippen LogP contribution >= 0.6 is 23.1 Å². The normalized spacial score (nSPS) is 10.9. The Morgan fingerprint density at radius 2 is 2.00 bits per heavy atom. The molecule has 20 heavy (non-hydrogen) atoms. The number of aromatic nitrogens is 3. The number of rotatable bonds is 3. The van der Waals surface area contributed by atoms with Gasteiger partial charge in [-0.2, -0.15) is 0 Å². The molecule has 2 heterocycles. The molecule has 0 radical (unpaired) electrons. The SMILES string of the molecule is CSc1nc2ncnc(Oc3ccc(C)c(C)c3)c2s1. The molecule has 0 aliphatic heterocycles. The molecule has 4 nitrogen and oxygen atoms in total. The molecule has 0 saturated carbocycles. The number of hydrogen-bond acceptors (Lipinski definition) is 6. The highest BCUT2D eigenvalue weighted by Crippen LogP contribution is 2.34. The maximum atomic E-state index is 5.90. The Bertz CT molecular complexity index is 770. The molecule has 2 aromatic heterocycles. The molecule has 102 valence electrons. The number of thiazole rings is 1. The predicted molar refractivity (Wildman–Crippen MR) is 83.0 cm³/mol. The minimum atomic E-state index is 0.566. The summed E-state index contributed by atoms with van der Waals surface area (Å²) in [6, 6.07) is 6.01. The second-order valence-corrected chi connectivity index (χ2v) is 6.42. The highest BCUT2D eigenvalue weighted by Gasteiger charge is 2.12. The van der Waals surface area contributed by atoms with Gasteiger partial charge in [0.2, 0.25) is 5.88 Å². The van der Waals surface area contributed by atoms with Crippen LogP contribution in [0.25, 0.3) is 10.3 Å². The van der Waals surface area contributed by atoms with Gasteiger partial charge in [0.05, 0.1) is 0 Å². The Morgan fingerprint density at radius 3 is 2.75 bits per heavy atom. The summed E-state index contributed by atoms with van der Waals surface area (Å²) in [6.45, 7) is 4.15. The van der Waals surface area contributed by atoms with E-state index in [0.29, 0.717) is 11.5 Å². The largest absolute Gasteiger partial charge is 0.437 e. The average Bonchev–Trinajstić information content (AvgIpc) is 2.87. The van der Waals surface area contributed by atoms with Gasteiger partial charge in [0.25, 0.3) is 0 Å². The van der Waals surface area contributed by atoms with Crippen molar-refractivity contribution in [3.05, 3.63) is 35.7 Å². The zero-order valence-electron chi connectivity index (χ0n) is 11.4. The lowest BCUT2D eigenvalue weighted by Crippen LogP contribution is -1.91. The van der Waals surface area contributed by atoms with E-state index < -0.39 is 0 Å². The van der Waals surface area contributed by atoms with Crippen LogP contribution in [-0.4, -0.2) is 21.2 Å². The molecule has 3 rings (SSSR count). The lowest BCUT2D eigenvalue weighted by Gasteiger charge is -2.07. The van der Waals surface area contributed by atoms with Crippen molar-refractivity contribution in [3.63, 3.8) is 0 Å². The van der Waals surface area contributed by atoms with Crippen LogP contribution in [0, 0.1) is 13.8 Å².